The molecule has 0 aromatic rings. The lowest BCUT2D eigenvalue weighted by molar-refractivity contribution is -0.154. The number of ether oxygens (including phenoxy) is 1. The van der Waals surface area contributed by atoms with Gasteiger partial charge in [-0.15, -0.1) is 0 Å². The Labute approximate surface area is 85.3 Å². The van der Waals surface area contributed by atoms with Crippen molar-refractivity contribution in [2.24, 2.45) is 0 Å². The van der Waals surface area contributed by atoms with Crippen LogP contribution in [-0.2, 0) is 9.53 Å². The molecule has 0 aromatic heterocycles. The molecule has 3 nitrogen and oxygen atoms in total. The third-order valence-electron chi connectivity index (χ3n) is 1.16. The van der Waals surface area contributed by atoms with Gasteiger partial charge >= 0.3 is 18.3 Å². The summed E-state index contributed by atoms with van der Waals surface area (Å²) in [6.07, 6.45) is -11.9. The number of aliphatic hydroxyl groups excluding tert-OH is 1. The minimum Gasteiger partial charge on any atom is -0.460 e. The van der Waals surface area contributed by atoms with Gasteiger partial charge in [0.2, 0.25) is 0 Å². The van der Waals surface area contributed by atoms with Crippen LogP contribution in [0.4, 0.5) is 26.3 Å². The zero-order chi connectivity index (χ0) is 13.0. The third kappa shape index (κ3) is 5.59. The van der Waals surface area contributed by atoms with Crippen molar-refractivity contribution in [2.75, 3.05) is 13.2 Å². The number of carbonyl (C=O) groups is 1. The Bertz CT molecular complexity index is 277. The fraction of sp³-hybridized carbons (Fsp3) is 0.571. The van der Waals surface area contributed by atoms with Crippen LogP contribution in [0, 0.1) is 0 Å². The SMILES string of the molecule is O=C(OCCO)C(=CC(F)(F)F)C(F)(F)F. The van der Waals surface area contributed by atoms with Crippen molar-refractivity contribution in [3.63, 3.8) is 0 Å². The van der Waals surface area contributed by atoms with Crippen LogP contribution in [0.25, 0.3) is 0 Å². The number of carbonyl (C=O) groups excluding carboxylic acids is 1. The van der Waals surface area contributed by atoms with E-state index in [9.17, 15) is 31.1 Å². The first-order chi connectivity index (χ1) is 7.08. The third-order valence-corrected chi connectivity index (χ3v) is 1.16. The normalized spacial score (nSPS) is 13.8. The summed E-state index contributed by atoms with van der Waals surface area (Å²) >= 11 is 0. The van der Waals surface area contributed by atoms with Crippen molar-refractivity contribution < 1.29 is 41.0 Å². The molecule has 0 atom stereocenters. The molecule has 0 rings (SSSR count). The summed E-state index contributed by atoms with van der Waals surface area (Å²) in [5, 5.41) is 8.13. The van der Waals surface area contributed by atoms with E-state index in [1.807, 2.05) is 0 Å². The molecule has 0 aromatic carbocycles. The Morgan fingerprint density at radius 3 is 2.00 bits per heavy atom. The van der Waals surface area contributed by atoms with E-state index in [2.05, 4.69) is 4.74 Å². The molecule has 0 saturated carbocycles. The Morgan fingerprint density at radius 2 is 1.69 bits per heavy atom. The van der Waals surface area contributed by atoms with Gasteiger partial charge in [-0.1, -0.05) is 0 Å². The summed E-state index contributed by atoms with van der Waals surface area (Å²) in [4.78, 5) is 10.6. The number of esters is 1. The quantitative estimate of drug-likeness (QED) is 0.471. The van der Waals surface area contributed by atoms with E-state index in [0.717, 1.165) is 0 Å². The first kappa shape index (κ1) is 14.8. The van der Waals surface area contributed by atoms with Crippen molar-refractivity contribution in [1.29, 1.82) is 0 Å². The van der Waals surface area contributed by atoms with E-state index in [1.165, 1.54) is 0 Å². The second kappa shape index (κ2) is 5.19. The zero-order valence-corrected chi connectivity index (χ0v) is 7.52. The number of alkyl halides is 6. The molecule has 9 heteroatoms. The summed E-state index contributed by atoms with van der Waals surface area (Å²) < 4.78 is 74.8. The predicted octanol–water partition coefficient (Wildman–Crippen LogP) is 1.57. The topological polar surface area (TPSA) is 46.5 Å². The maximum Gasteiger partial charge on any atom is 0.423 e. The van der Waals surface area contributed by atoms with Crippen molar-refractivity contribution in [3.8, 4) is 0 Å². The summed E-state index contributed by atoms with van der Waals surface area (Å²) in [6, 6.07) is 0. The van der Waals surface area contributed by atoms with Gasteiger partial charge in [0.1, 0.15) is 12.2 Å². The van der Waals surface area contributed by atoms with Crippen LogP contribution in [0.15, 0.2) is 11.6 Å². The Morgan fingerprint density at radius 1 is 1.19 bits per heavy atom. The number of hydrogen-bond donors (Lipinski definition) is 1. The zero-order valence-electron chi connectivity index (χ0n) is 7.52. The molecule has 1 N–H and O–H groups in total. The smallest absolute Gasteiger partial charge is 0.423 e. The molecule has 0 amide bonds. The molecule has 16 heavy (non-hydrogen) atoms. The average Bonchev–Trinajstić information content (AvgIpc) is 2.07. The van der Waals surface area contributed by atoms with Crippen molar-refractivity contribution in [1.82, 2.24) is 0 Å². The van der Waals surface area contributed by atoms with Crippen LogP contribution in [0.2, 0.25) is 0 Å². The molecule has 0 radical (unpaired) electrons. The van der Waals surface area contributed by atoms with Gasteiger partial charge in [-0.25, -0.2) is 4.79 Å². The molecule has 94 valence electrons. The average molecular weight is 252 g/mol. The van der Waals surface area contributed by atoms with E-state index in [4.69, 9.17) is 5.11 Å². The number of halogens is 6. The molecule has 0 aliphatic carbocycles. The Kier molecular flexibility index (Phi) is 4.79. The summed E-state index contributed by atoms with van der Waals surface area (Å²) in [6.45, 7) is -1.60. The number of hydrogen-bond acceptors (Lipinski definition) is 3. The van der Waals surface area contributed by atoms with Crippen LogP contribution in [0.5, 0.6) is 0 Å². The van der Waals surface area contributed by atoms with Crippen molar-refractivity contribution in [3.05, 3.63) is 11.6 Å². The largest absolute Gasteiger partial charge is 0.460 e. The molecule has 0 heterocycles. The molecule has 0 fully saturated rings. The van der Waals surface area contributed by atoms with Crippen molar-refractivity contribution in [2.45, 2.75) is 12.4 Å². The Hall–Kier alpha value is -1.25. The summed E-state index contributed by atoms with van der Waals surface area (Å²) in [5.74, 6) is -2.18. The van der Waals surface area contributed by atoms with Gasteiger partial charge in [0.05, 0.1) is 6.61 Å². The van der Waals surface area contributed by atoms with Gasteiger partial charge in [0.15, 0.2) is 0 Å². The van der Waals surface area contributed by atoms with E-state index in [0.29, 0.717) is 0 Å². The lowest BCUT2D eigenvalue weighted by atomic mass is 10.2. The maximum absolute atomic E-state index is 12.0. The lowest BCUT2D eigenvalue weighted by Crippen LogP contribution is -2.25. The van der Waals surface area contributed by atoms with E-state index in [1.54, 1.807) is 0 Å². The molecule has 0 saturated heterocycles. The Balaban J connectivity index is 4.98. The van der Waals surface area contributed by atoms with Gasteiger partial charge in [-0.3, -0.25) is 0 Å². The van der Waals surface area contributed by atoms with E-state index < -0.39 is 43.2 Å². The van der Waals surface area contributed by atoms with Crippen LogP contribution < -0.4 is 0 Å². The highest BCUT2D eigenvalue weighted by Crippen LogP contribution is 2.30. The van der Waals surface area contributed by atoms with Crippen molar-refractivity contribution >= 4 is 5.97 Å². The second-order valence-electron chi connectivity index (χ2n) is 2.46. The molecule has 0 aliphatic heterocycles. The molecule has 0 unspecified atom stereocenters. The van der Waals surface area contributed by atoms with E-state index >= 15 is 0 Å². The fourth-order valence-electron chi connectivity index (χ4n) is 0.636. The van der Waals surface area contributed by atoms with Gasteiger partial charge < -0.3 is 9.84 Å². The van der Waals surface area contributed by atoms with Crippen LogP contribution in [-0.4, -0.2) is 36.6 Å². The van der Waals surface area contributed by atoms with Gasteiger partial charge in [0.25, 0.3) is 0 Å². The van der Waals surface area contributed by atoms with E-state index in [-0.39, 0.29) is 0 Å². The van der Waals surface area contributed by atoms with Crippen LogP contribution in [0.1, 0.15) is 0 Å². The maximum atomic E-state index is 12.0. The highest BCUT2D eigenvalue weighted by atomic mass is 19.4. The second-order valence-corrected chi connectivity index (χ2v) is 2.46. The van der Waals surface area contributed by atoms with Gasteiger partial charge in [-0.05, 0) is 0 Å². The van der Waals surface area contributed by atoms with Crippen LogP contribution in [0.3, 0.4) is 0 Å². The molecule has 0 aliphatic rings. The monoisotopic (exact) mass is 252 g/mol. The predicted molar refractivity (Wildman–Crippen MR) is 38.2 cm³/mol. The molecular formula is C7H6F6O3. The van der Waals surface area contributed by atoms with Crippen LogP contribution >= 0.6 is 0 Å². The number of allylic oxidation sites excluding steroid dienone is 1. The summed E-state index contributed by atoms with van der Waals surface area (Å²) in [7, 11) is 0. The van der Waals surface area contributed by atoms with Gasteiger partial charge in [-0.2, -0.15) is 26.3 Å². The number of rotatable bonds is 3. The van der Waals surface area contributed by atoms with Gasteiger partial charge in [0, 0.05) is 6.08 Å². The fourth-order valence-corrected chi connectivity index (χ4v) is 0.636. The molecule has 0 spiro atoms. The first-order valence-electron chi connectivity index (χ1n) is 3.72. The number of aliphatic hydroxyl groups is 1. The first-order valence-corrected chi connectivity index (χ1v) is 3.72. The summed E-state index contributed by atoms with van der Waals surface area (Å²) in [5.41, 5.74) is -2.46. The highest BCUT2D eigenvalue weighted by molar-refractivity contribution is 5.90. The molecular weight excluding hydrogens is 246 g/mol. The minimum atomic E-state index is -5.47. The standard InChI is InChI=1S/C7H6F6O3/c8-6(9,10)3-4(7(11,12)13)5(15)16-2-1-14/h3,14H,1-2H2. The highest BCUT2D eigenvalue weighted by Gasteiger charge is 2.43. The minimum absolute atomic E-state index is 0.789. The lowest BCUT2D eigenvalue weighted by Gasteiger charge is -2.11. The molecule has 0 bridgehead atoms.